The van der Waals surface area contributed by atoms with Gasteiger partial charge in [0.1, 0.15) is 5.82 Å². The molecule has 0 unspecified atom stereocenters. The Morgan fingerprint density at radius 2 is 1.96 bits per heavy atom. The molecule has 7 nitrogen and oxygen atoms in total. The molecule has 0 spiro atoms. The highest BCUT2D eigenvalue weighted by molar-refractivity contribution is 5.93. The second kappa shape index (κ2) is 7.62. The van der Waals surface area contributed by atoms with Crippen LogP contribution in [0.4, 0.5) is 5.82 Å². The quantitative estimate of drug-likeness (QED) is 0.750. The zero-order valence-electron chi connectivity index (χ0n) is 15.2. The lowest BCUT2D eigenvalue weighted by Gasteiger charge is -2.34. The zero-order chi connectivity index (χ0) is 19.5. The molecular weight excluding hydrogens is 354 g/mol. The molecule has 4 rings (SSSR count). The minimum Gasteiger partial charge on any atom is -0.480 e. The van der Waals surface area contributed by atoms with Gasteiger partial charge >= 0.3 is 5.97 Å². The maximum atomic E-state index is 10.9. The summed E-state index contributed by atoms with van der Waals surface area (Å²) >= 11 is 0. The molecule has 1 aliphatic heterocycles. The van der Waals surface area contributed by atoms with Crippen LogP contribution in [-0.2, 0) is 4.79 Å². The fraction of sp³-hybridized carbons (Fsp3) is 0.238. The van der Waals surface area contributed by atoms with Crippen LogP contribution in [0.25, 0.3) is 22.2 Å². The first-order chi connectivity index (χ1) is 13.6. The van der Waals surface area contributed by atoms with Crippen LogP contribution in [0.5, 0.6) is 0 Å². The van der Waals surface area contributed by atoms with Gasteiger partial charge in [0, 0.05) is 43.3 Å². The van der Waals surface area contributed by atoms with Crippen molar-refractivity contribution in [3.8, 4) is 17.3 Å². The summed E-state index contributed by atoms with van der Waals surface area (Å²) in [5.74, 6) is 0.0378. The van der Waals surface area contributed by atoms with Crippen molar-refractivity contribution < 1.29 is 9.90 Å². The number of aromatic nitrogens is 2. The van der Waals surface area contributed by atoms with Crippen LogP contribution in [0, 0.1) is 11.3 Å². The van der Waals surface area contributed by atoms with Gasteiger partial charge in [-0.1, -0.05) is 18.2 Å². The van der Waals surface area contributed by atoms with Crippen molar-refractivity contribution >= 4 is 22.7 Å². The molecule has 140 valence electrons. The second-order valence-corrected chi connectivity index (χ2v) is 6.75. The van der Waals surface area contributed by atoms with Gasteiger partial charge in [-0.3, -0.25) is 14.7 Å². The van der Waals surface area contributed by atoms with Gasteiger partial charge in [0.2, 0.25) is 0 Å². The Morgan fingerprint density at radius 3 is 2.71 bits per heavy atom. The zero-order valence-corrected chi connectivity index (χ0v) is 15.2. The number of piperazine rings is 1. The van der Waals surface area contributed by atoms with Crippen molar-refractivity contribution in [3.05, 3.63) is 54.2 Å². The van der Waals surface area contributed by atoms with Gasteiger partial charge in [0.15, 0.2) is 0 Å². The summed E-state index contributed by atoms with van der Waals surface area (Å²) in [6.07, 6.45) is 1.74. The molecule has 1 aliphatic rings. The Labute approximate surface area is 162 Å². The predicted octanol–water partition coefficient (Wildman–Crippen LogP) is 2.38. The van der Waals surface area contributed by atoms with Crippen LogP contribution >= 0.6 is 0 Å². The molecule has 0 amide bonds. The first-order valence-corrected chi connectivity index (χ1v) is 9.09. The summed E-state index contributed by atoms with van der Waals surface area (Å²) in [7, 11) is 0. The van der Waals surface area contributed by atoms with E-state index in [9.17, 15) is 10.1 Å². The Bertz CT molecular complexity index is 1070. The summed E-state index contributed by atoms with van der Waals surface area (Å²) in [5, 5.41) is 19.2. The van der Waals surface area contributed by atoms with Gasteiger partial charge in [0.05, 0.1) is 29.4 Å². The number of anilines is 1. The number of carboxylic acids is 1. The average Bonchev–Trinajstić information content (AvgIpc) is 2.73. The summed E-state index contributed by atoms with van der Waals surface area (Å²) in [6.45, 7) is 2.85. The molecule has 0 atom stereocenters. The Morgan fingerprint density at radius 1 is 1.14 bits per heavy atom. The highest BCUT2D eigenvalue weighted by Crippen LogP contribution is 2.30. The molecule has 0 saturated carbocycles. The van der Waals surface area contributed by atoms with E-state index in [0.29, 0.717) is 31.7 Å². The van der Waals surface area contributed by atoms with E-state index in [1.165, 1.54) is 0 Å². The topological polar surface area (TPSA) is 93.4 Å². The van der Waals surface area contributed by atoms with Crippen LogP contribution in [0.2, 0.25) is 0 Å². The van der Waals surface area contributed by atoms with E-state index in [2.05, 4.69) is 16.0 Å². The highest BCUT2D eigenvalue weighted by atomic mass is 16.4. The number of carboxylic acid groups (broad SMARTS) is 1. The number of benzene rings is 1. The normalized spacial score (nSPS) is 14.8. The average molecular weight is 373 g/mol. The van der Waals surface area contributed by atoms with Gasteiger partial charge in [0.25, 0.3) is 0 Å². The van der Waals surface area contributed by atoms with Crippen molar-refractivity contribution in [2.45, 2.75) is 0 Å². The van der Waals surface area contributed by atoms with Crippen molar-refractivity contribution in [2.75, 3.05) is 37.6 Å². The lowest BCUT2D eigenvalue weighted by Crippen LogP contribution is -2.48. The molecule has 0 bridgehead atoms. The number of aliphatic carboxylic acids is 1. The Hall–Kier alpha value is -3.50. The van der Waals surface area contributed by atoms with E-state index in [0.717, 1.165) is 28.0 Å². The van der Waals surface area contributed by atoms with Gasteiger partial charge in [-0.15, -0.1) is 0 Å². The maximum Gasteiger partial charge on any atom is 0.317 e. The van der Waals surface area contributed by atoms with E-state index >= 15 is 0 Å². The van der Waals surface area contributed by atoms with Crippen LogP contribution < -0.4 is 4.90 Å². The van der Waals surface area contributed by atoms with Crippen LogP contribution in [0.15, 0.2) is 48.7 Å². The third-order valence-electron chi connectivity index (χ3n) is 4.89. The van der Waals surface area contributed by atoms with E-state index in [-0.39, 0.29) is 6.54 Å². The predicted molar refractivity (Wildman–Crippen MR) is 106 cm³/mol. The highest BCUT2D eigenvalue weighted by Gasteiger charge is 2.21. The van der Waals surface area contributed by atoms with Gasteiger partial charge in [-0.2, -0.15) is 5.26 Å². The molecule has 2 aromatic heterocycles. The first kappa shape index (κ1) is 17.9. The van der Waals surface area contributed by atoms with Crippen molar-refractivity contribution in [1.82, 2.24) is 14.9 Å². The summed E-state index contributed by atoms with van der Waals surface area (Å²) in [4.78, 5) is 24.4. The fourth-order valence-electron chi connectivity index (χ4n) is 3.50. The largest absolute Gasteiger partial charge is 0.480 e. The molecule has 0 aliphatic carbocycles. The molecule has 1 saturated heterocycles. The molecule has 3 heterocycles. The SMILES string of the molecule is N#Cc1cccc(-c2nc(N3CCN(CC(=O)O)CC3)cc3cccnc23)c1. The van der Waals surface area contributed by atoms with E-state index < -0.39 is 5.97 Å². The minimum atomic E-state index is -0.803. The maximum absolute atomic E-state index is 10.9. The lowest BCUT2D eigenvalue weighted by atomic mass is 10.1. The number of hydrogen-bond acceptors (Lipinski definition) is 6. The smallest absolute Gasteiger partial charge is 0.317 e. The van der Waals surface area contributed by atoms with Gasteiger partial charge < -0.3 is 10.0 Å². The Kier molecular flexibility index (Phi) is 4.87. The standard InChI is InChI=1S/C21H19N5O2/c22-13-15-3-1-4-16(11-15)21-20-17(5-2-6-23-20)12-18(24-21)26-9-7-25(8-10-26)14-19(27)28/h1-6,11-12H,7-10,14H2,(H,27,28). The van der Waals surface area contributed by atoms with E-state index in [4.69, 9.17) is 10.1 Å². The van der Waals surface area contributed by atoms with Crippen LogP contribution in [0.1, 0.15) is 5.56 Å². The summed E-state index contributed by atoms with van der Waals surface area (Å²) in [6, 6.07) is 15.5. The molecule has 1 aromatic carbocycles. The third-order valence-corrected chi connectivity index (χ3v) is 4.89. The minimum absolute atomic E-state index is 0.0646. The van der Waals surface area contributed by atoms with Gasteiger partial charge in [-0.05, 0) is 24.3 Å². The van der Waals surface area contributed by atoms with Crippen molar-refractivity contribution in [3.63, 3.8) is 0 Å². The lowest BCUT2D eigenvalue weighted by molar-refractivity contribution is -0.138. The second-order valence-electron chi connectivity index (χ2n) is 6.75. The summed E-state index contributed by atoms with van der Waals surface area (Å²) in [5.41, 5.74) is 2.98. The van der Waals surface area contributed by atoms with E-state index in [1.54, 1.807) is 12.3 Å². The summed E-state index contributed by atoms with van der Waals surface area (Å²) < 4.78 is 0. The molecule has 28 heavy (non-hydrogen) atoms. The van der Waals surface area contributed by atoms with E-state index in [1.807, 2.05) is 41.3 Å². The molecule has 7 heteroatoms. The van der Waals surface area contributed by atoms with Gasteiger partial charge in [-0.25, -0.2) is 4.98 Å². The molecule has 1 fully saturated rings. The first-order valence-electron chi connectivity index (χ1n) is 9.09. The van der Waals surface area contributed by atoms with Crippen molar-refractivity contribution in [2.24, 2.45) is 0 Å². The third kappa shape index (κ3) is 3.63. The molecule has 1 N–H and O–H groups in total. The molecule has 0 radical (unpaired) electrons. The molecule has 3 aromatic rings. The van der Waals surface area contributed by atoms with Crippen LogP contribution in [0.3, 0.4) is 0 Å². The number of carbonyl (C=O) groups is 1. The number of rotatable bonds is 4. The number of hydrogen-bond donors (Lipinski definition) is 1. The Balaban J connectivity index is 1.71. The monoisotopic (exact) mass is 373 g/mol. The number of fused-ring (bicyclic) bond motifs is 1. The van der Waals surface area contributed by atoms with Crippen molar-refractivity contribution in [1.29, 1.82) is 5.26 Å². The fourth-order valence-corrected chi connectivity index (χ4v) is 3.50. The van der Waals surface area contributed by atoms with Crippen LogP contribution in [-0.4, -0.2) is 58.7 Å². The number of pyridine rings is 2. The number of nitriles is 1. The number of nitrogens with zero attached hydrogens (tertiary/aromatic N) is 5. The molecular formula is C21H19N5O2.